The van der Waals surface area contributed by atoms with E-state index in [4.69, 9.17) is 10.5 Å². The third-order valence-electron chi connectivity index (χ3n) is 2.37. The van der Waals surface area contributed by atoms with Crippen LogP contribution in [0.2, 0.25) is 0 Å². The smallest absolute Gasteiger partial charge is 0.0774 e. The maximum absolute atomic E-state index is 5.46. The van der Waals surface area contributed by atoms with Crippen molar-refractivity contribution in [3.63, 3.8) is 0 Å². The molecule has 1 aromatic rings. The molecule has 0 bridgehead atoms. The molecule has 72 valence electrons. The summed E-state index contributed by atoms with van der Waals surface area (Å²) >= 11 is 0. The van der Waals surface area contributed by atoms with Crippen LogP contribution in [0.1, 0.15) is 18.0 Å². The van der Waals surface area contributed by atoms with Crippen molar-refractivity contribution in [3.05, 3.63) is 18.0 Å². The molecular formula is C9H15N3O. The van der Waals surface area contributed by atoms with Crippen LogP contribution in [-0.2, 0) is 11.2 Å². The van der Waals surface area contributed by atoms with Gasteiger partial charge in [-0.1, -0.05) is 0 Å². The standard InChI is InChI=1S/C9H15N3O/c10-3-1-8-5-11-12(6-8)9-2-4-13-7-9/h5-6,9H,1-4,7,10H2/t9-/m0/s1. The van der Waals surface area contributed by atoms with Crippen LogP contribution in [0, 0.1) is 0 Å². The molecule has 13 heavy (non-hydrogen) atoms. The van der Waals surface area contributed by atoms with E-state index < -0.39 is 0 Å². The van der Waals surface area contributed by atoms with Crippen molar-refractivity contribution >= 4 is 0 Å². The minimum Gasteiger partial charge on any atom is -0.379 e. The van der Waals surface area contributed by atoms with Gasteiger partial charge in [-0.2, -0.15) is 5.10 Å². The Labute approximate surface area is 77.7 Å². The van der Waals surface area contributed by atoms with Gasteiger partial charge in [0.05, 0.1) is 18.8 Å². The Bertz CT molecular complexity index is 266. The number of hydrogen-bond acceptors (Lipinski definition) is 3. The first-order valence-electron chi connectivity index (χ1n) is 4.71. The van der Waals surface area contributed by atoms with Gasteiger partial charge in [0, 0.05) is 12.8 Å². The second kappa shape index (κ2) is 3.89. The summed E-state index contributed by atoms with van der Waals surface area (Å²) < 4.78 is 7.29. The van der Waals surface area contributed by atoms with E-state index in [-0.39, 0.29) is 0 Å². The Balaban J connectivity index is 2.03. The fourth-order valence-electron chi connectivity index (χ4n) is 1.60. The highest BCUT2D eigenvalue weighted by Crippen LogP contribution is 2.17. The van der Waals surface area contributed by atoms with E-state index >= 15 is 0 Å². The molecule has 4 heteroatoms. The van der Waals surface area contributed by atoms with E-state index in [2.05, 4.69) is 11.3 Å². The molecule has 2 N–H and O–H groups in total. The van der Waals surface area contributed by atoms with Crippen LogP contribution in [-0.4, -0.2) is 29.5 Å². The Hall–Kier alpha value is -0.870. The highest BCUT2D eigenvalue weighted by atomic mass is 16.5. The molecule has 0 aromatic carbocycles. The molecule has 1 saturated heterocycles. The second-order valence-corrected chi connectivity index (χ2v) is 3.38. The number of rotatable bonds is 3. The number of nitrogens with zero attached hydrogens (tertiary/aromatic N) is 2. The fourth-order valence-corrected chi connectivity index (χ4v) is 1.60. The minimum atomic E-state index is 0.437. The lowest BCUT2D eigenvalue weighted by Gasteiger charge is -2.06. The van der Waals surface area contributed by atoms with Crippen LogP contribution in [0.25, 0.3) is 0 Å². The predicted molar refractivity (Wildman–Crippen MR) is 49.5 cm³/mol. The average Bonchev–Trinajstić information content (AvgIpc) is 2.70. The van der Waals surface area contributed by atoms with Crippen molar-refractivity contribution in [1.29, 1.82) is 0 Å². The van der Waals surface area contributed by atoms with Crippen molar-refractivity contribution in [2.24, 2.45) is 5.73 Å². The molecule has 0 unspecified atom stereocenters. The number of aromatic nitrogens is 2. The first kappa shape index (κ1) is 8.72. The zero-order valence-corrected chi connectivity index (χ0v) is 7.65. The normalized spacial score (nSPS) is 22.4. The largest absolute Gasteiger partial charge is 0.379 e. The second-order valence-electron chi connectivity index (χ2n) is 3.38. The molecule has 0 aliphatic carbocycles. The van der Waals surface area contributed by atoms with Crippen LogP contribution in [0.15, 0.2) is 12.4 Å². The number of ether oxygens (including phenoxy) is 1. The maximum Gasteiger partial charge on any atom is 0.0774 e. The quantitative estimate of drug-likeness (QED) is 0.732. The molecule has 4 nitrogen and oxygen atoms in total. The molecule has 2 rings (SSSR count). The van der Waals surface area contributed by atoms with E-state index in [0.29, 0.717) is 12.6 Å². The third kappa shape index (κ3) is 1.89. The molecule has 0 radical (unpaired) electrons. The average molecular weight is 181 g/mol. The Morgan fingerprint density at radius 2 is 2.62 bits per heavy atom. The van der Waals surface area contributed by atoms with Crippen LogP contribution in [0.4, 0.5) is 0 Å². The highest BCUT2D eigenvalue weighted by molar-refractivity contribution is 5.05. The van der Waals surface area contributed by atoms with Gasteiger partial charge < -0.3 is 10.5 Å². The molecular weight excluding hydrogens is 166 g/mol. The highest BCUT2D eigenvalue weighted by Gasteiger charge is 2.17. The van der Waals surface area contributed by atoms with Crippen LogP contribution in [0.5, 0.6) is 0 Å². The van der Waals surface area contributed by atoms with Crippen molar-refractivity contribution in [2.75, 3.05) is 19.8 Å². The van der Waals surface area contributed by atoms with Gasteiger partial charge in [-0.15, -0.1) is 0 Å². The summed E-state index contributed by atoms with van der Waals surface area (Å²) in [5.74, 6) is 0. The SMILES string of the molecule is NCCc1cnn([C@H]2CCOC2)c1. The van der Waals surface area contributed by atoms with E-state index in [9.17, 15) is 0 Å². The van der Waals surface area contributed by atoms with Gasteiger partial charge in [-0.3, -0.25) is 4.68 Å². The van der Waals surface area contributed by atoms with Crippen LogP contribution in [0.3, 0.4) is 0 Å². The van der Waals surface area contributed by atoms with Crippen molar-refractivity contribution < 1.29 is 4.74 Å². The van der Waals surface area contributed by atoms with E-state index in [0.717, 1.165) is 26.1 Å². The summed E-state index contributed by atoms with van der Waals surface area (Å²) in [6.45, 7) is 2.34. The van der Waals surface area contributed by atoms with Gasteiger partial charge in [0.15, 0.2) is 0 Å². The molecule has 0 saturated carbocycles. The van der Waals surface area contributed by atoms with Crippen LogP contribution >= 0.6 is 0 Å². The summed E-state index contributed by atoms with van der Waals surface area (Å²) in [6.07, 6.45) is 5.95. The topological polar surface area (TPSA) is 53.1 Å². The summed E-state index contributed by atoms with van der Waals surface area (Å²) in [4.78, 5) is 0. The Morgan fingerprint density at radius 3 is 3.31 bits per heavy atom. The zero-order chi connectivity index (χ0) is 9.10. The van der Waals surface area contributed by atoms with Gasteiger partial charge >= 0.3 is 0 Å². The maximum atomic E-state index is 5.46. The van der Waals surface area contributed by atoms with Crippen molar-refractivity contribution in [2.45, 2.75) is 18.9 Å². The van der Waals surface area contributed by atoms with E-state index in [1.165, 1.54) is 5.56 Å². The summed E-state index contributed by atoms with van der Waals surface area (Å²) in [5.41, 5.74) is 6.68. The van der Waals surface area contributed by atoms with Gasteiger partial charge in [0.25, 0.3) is 0 Å². The van der Waals surface area contributed by atoms with Crippen LogP contribution < -0.4 is 5.73 Å². The zero-order valence-electron chi connectivity index (χ0n) is 7.65. The third-order valence-corrected chi connectivity index (χ3v) is 2.37. The predicted octanol–water partition coefficient (Wildman–Crippen LogP) is 0.346. The Morgan fingerprint density at radius 1 is 1.69 bits per heavy atom. The fraction of sp³-hybridized carbons (Fsp3) is 0.667. The lowest BCUT2D eigenvalue weighted by Crippen LogP contribution is -2.08. The molecule has 0 amide bonds. The lowest BCUT2D eigenvalue weighted by molar-refractivity contribution is 0.184. The number of hydrogen-bond donors (Lipinski definition) is 1. The minimum absolute atomic E-state index is 0.437. The Kier molecular flexibility index (Phi) is 2.61. The number of nitrogens with two attached hydrogens (primary N) is 1. The van der Waals surface area contributed by atoms with Gasteiger partial charge in [-0.05, 0) is 24.9 Å². The first-order chi connectivity index (χ1) is 6.40. The first-order valence-corrected chi connectivity index (χ1v) is 4.71. The van der Waals surface area contributed by atoms with Crippen molar-refractivity contribution in [3.8, 4) is 0 Å². The molecule has 1 fully saturated rings. The van der Waals surface area contributed by atoms with Gasteiger partial charge in [0.1, 0.15) is 0 Å². The monoisotopic (exact) mass is 181 g/mol. The van der Waals surface area contributed by atoms with Gasteiger partial charge in [-0.25, -0.2) is 0 Å². The van der Waals surface area contributed by atoms with E-state index in [1.807, 2.05) is 10.9 Å². The summed E-state index contributed by atoms with van der Waals surface area (Å²) in [7, 11) is 0. The molecule has 1 aliphatic heterocycles. The molecule has 1 atom stereocenters. The van der Waals surface area contributed by atoms with Crippen molar-refractivity contribution in [1.82, 2.24) is 9.78 Å². The molecule has 0 spiro atoms. The molecule has 1 aromatic heterocycles. The summed E-state index contributed by atoms with van der Waals surface area (Å²) in [6, 6.07) is 0.437. The molecule has 1 aliphatic rings. The summed E-state index contributed by atoms with van der Waals surface area (Å²) in [5, 5.41) is 4.30. The molecule has 2 heterocycles. The van der Waals surface area contributed by atoms with Gasteiger partial charge in [0.2, 0.25) is 0 Å². The van der Waals surface area contributed by atoms with E-state index in [1.54, 1.807) is 0 Å². The lowest BCUT2D eigenvalue weighted by atomic mass is 10.2.